The highest BCUT2D eigenvalue weighted by Crippen LogP contribution is 2.30. The fourth-order valence-corrected chi connectivity index (χ4v) is 4.79. The lowest BCUT2D eigenvalue weighted by Gasteiger charge is -2.29. The Hall–Kier alpha value is -2.99. The summed E-state index contributed by atoms with van der Waals surface area (Å²) in [5.74, 6) is 0. The van der Waals surface area contributed by atoms with Crippen LogP contribution in [0.25, 0.3) is 10.8 Å². The number of sulfonamides is 1. The van der Waals surface area contributed by atoms with Gasteiger partial charge in [0.1, 0.15) is 5.60 Å². The summed E-state index contributed by atoms with van der Waals surface area (Å²) in [6.45, 7) is -0.188. The second kappa shape index (κ2) is 7.79. The molecule has 0 aliphatic heterocycles. The van der Waals surface area contributed by atoms with Gasteiger partial charge < -0.3 is 5.11 Å². The summed E-state index contributed by atoms with van der Waals surface area (Å²) in [6, 6.07) is 30.7. The van der Waals surface area contributed by atoms with Crippen molar-refractivity contribution >= 4 is 20.8 Å². The lowest BCUT2D eigenvalue weighted by Crippen LogP contribution is -2.41. The van der Waals surface area contributed by atoms with Crippen LogP contribution in [0.15, 0.2) is 108 Å². The minimum Gasteiger partial charge on any atom is -0.379 e. The van der Waals surface area contributed by atoms with Crippen LogP contribution in [0.5, 0.6) is 0 Å². The molecule has 2 N–H and O–H groups in total. The quantitative estimate of drug-likeness (QED) is 0.510. The topological polar surface area (TPSA) is 66.4 Å². The van der Waals surface area contributed by atoms with Crippen LogP contribution in [0.1, 0.15) is 11.1 Å². The minimum atomic E-state index is -3.85. The Morgan fingerprint density at radius 2 is 1.21 bits per heavy atom. The largest absolute Gasteiger partial charge is 0.379 e. The van der Waals surface area contributed by atoms with Gasteiger partial charge in [-0.25, -0.2) is 13.1 Å². The molecule has 5 heteroatoms. The van der Waals surface area contributed by atoms with Gasteiger partial charge in [0.2, 0.25) is 10.0 Å². The van der Waals surface area contributed by atoms with Crippen molar-refractivity contribution in [3.8, 4) is 0 Å². The van der Waals surface area contributed by atoms with Crippen molar-refractivity contribution in [2.75, 3.05) is 6.54 Å². The van der Waals surface area contributed by atoms with Gasteiger partial charge in [-0.1, -0.05) is 97.1 Å². The number of hydrogen-bond acceptors (Lipinski definition) is 3. The van der Waals surface area contributed by atoms with Gasteiger partial charge in [-0.2, -0.15) is 0 Å². The van der Waals surface area contributed by atoms with E-state index in [0.29, 0.717) is 16.5 Å². The van der Waals surface area contributed by atoms with Crippen molar-refractivity contribution in [3.63, 3.8) is 0 Å². The lowest BCUT2D eigenvalue weighted by molar-refractivity contribution is 0.0860. The third-order valence-corrected chi connectivity index (χ3v) is 6.52. The molecule has 0 atom stereocenters. The molecule has 0 aliphatic rings. The van der Waals surface area contributed by atoms with Gasteiger partial charge >= 0.3 is 0 Å². The Labute approximate surface area is 170 Å². The van der Waals surface area contributed by atoms with E-state index in [1.807, 2.05) is 60.7 Å². The van der Waals surface area contributed by atoms with Gasteiger partial charge in [-0.3, -0.25) is 0 Å². The second-order valence-corrected chi connectivity index (χ2v) is 8.63. The number of hydrogen-bond donors (Lipinski definition) is 2. The molecule has 0 spiro atoms. The van der Waals surface area contributed by atoms with E-state index in [2.05, 4.69) is 4.72 Å². The average molecular weight is 404 g/mol. The highest BCUT2D eigenvalue weighted by Gasteiger charge is 2.33. The third-order valence-electron chi connectivity index (χ3n) is 5.06. The fraction of sp³-hybridized carbons (Fsp3) is 0.0833. The SMILES string of the molecule is O=S(=O)(NCC(O)(c1ccccc1)c1ccccc1)c1cccc2ccccc12. The van der Waals surface area contributed by atoms with Crippen LogP contribution in [-0.4, -0.2) is 20.1 Å². The minimum absolute atomic E-state index is 0.188. The first kappa shape index (κ1) is 19.3. The van der Waals surface area contributed by atoms with Crippen LogP contribution in [0.2, 0.25) is 0 Å². The molecule has 0 bridgehead atoms. The van der Waals surface area contributed by atoms with Crippen LogP contribution in [0.4, 0.5) is 0 Å². The Bertz CT molecular complexity index is 1180. The zero-order chi connectivity index (χ0) is 20.3. The number of fused-ring (bicyclic) bond motifs is 1. The Kier molecular flexibility index (Phi) is 5.20. The molecule has 0 aliphatic carbocycles. The average Bonchev–Trinajstić information content (AvgIpc) is 2.78. The van der Waals surface area contributed by atoms with Gasteiger partial charge in [0.05, 0.1) is 4.90 Å². The molecular formula is C24H21NO3S. The van der Waals surface area contributed by atoms with Crippen molar-refractivity contribution < 1.29 is 13.5 Å². The Morgan fingerprint density at radius 1 is 0.690 bits per heavy atom. The standard InChI is InChI=1S/C24H21NO3S/c26-24(20-12-3-1-4-13-20,21-14-5-2-6-15-21)18-25-29(27,28)23-17-9-11-19-10-7-8-16-22(19)23/h1-17,25-26H,18H2. The van der Waals surface area contributed by atoms with Gasteiger partial charge in [-0.15, -0.1) is 0 Å². The van der Waals surface area contributed by atoms with E-state index < -0.39 is 15.6 Å². The van der Waals surface area contributed by atoms with Crippen LogP contribution in [0, 0.1) is 0 Å². The number of benzene rings is 4. The zero-order valence-corrected chi connectivity index (χ0v) is 16.5. The Balaban J connectivity index is 1.72. The molecule has 4 aromatic carbocycles. The number of aliphatic hydroxyl groups is 1. The van der Waals surface area contributed by atoms with Gasteiger partial charge in [0.25, 0.3) is 0 Å². The molecule has 0 heterocycles. The van der Waals surface area contributed by atoms with Crippen molar-refractivity contribution in [2.24, 2.45) is 0 Å². The lowest BCUT2D eigenvalue weighted by atomic mass is 9.86. The first-order valence-corrected chi connectivity index (χ1v) is 10.8. The van der Waals surface area contributed by atoms with Crippen LogP contribution in [0.3, 0.4) is 0 Å². The summed E-state index contributed by atoms with van der Waals surface area (Å²) in [6.07, 6.45) is 0. The van der Waals surface area contributed by atoms with E-state index in [1.165, 1.54) is 0 Å². The van der Waals surface area contributed by atoms with Crippen LogP contribution >= 0.6 is 0 Å². The van der Waals surface area contributed by atoms with Crippen molar-refractivity contribution in [2.45, 2.75) is 10.5 Å². The van der Waals surface area contributed by atoms with Gasteiger partial charge in [0.15, 0.2) is 0 Å². The van der Waals surface area contributed by atoms with Crippen molar-refractivity contribution in [1.82, 2.24) is 4.72 Å². The second-order valence-electron chi connectivity index (χ2n) is 6.89. The van der Waals surface area contributed by atoms with Crippen molar-refractivity contribution in [3.05, 3.63) is 114 Å². The maximum Gasteiger partial charge on any atom is 0.241 e. The Morgan fingerprint density at radius 3 is 1.83 bits per heavy atom. The molecule has 4 rings (SSSR count). The highest BCUT2D eigenvalue weighted by atomic mass is 32.2. The van der Waals surface area contributed by atoms with Crippen LogP contribution in [-0.2, 0) is 15.6 Å². The van der Waals surface area contributed by atoms with Gasteiger partial charge in [0, 0.05) is 11.9 Å². The molecular weight excluding hydrogens is 382 g/mol. The molecule has 0 saturated carbocycles. The first-order valence-electron chi connectivity index (χ1n) is 9.32. The molecule has 29 heavy (non-hydrogen) atoms. The predicted molar refractivity (Wildman–Crippen MR) is 115 cm³/mol. The smallest absolute Gasteiger partial charge is 0.241 e. The molecule has 0 amide bonds. The van der Waals surface area contributed by atoms with E-state index in [1.54, 1.807) is 42.5 Å². The molecule has 4 aromatic rings. The molecule has 0 radical (unpaired) electrons. The summed E-state index contributed by atoms with van der Waals surface area (Å²) in [7, 11) is -3.85. The molecule has 0 fully saturated rings. The third kappa shape index (κ3) is 3.80. The maximum atomic E-state index is 13.1. The number of nitrogens with one attached hydrogen (secondary N) is 1. The first-order chi connectivity index (χ1) is 14.0. The van der Waals surface area contributed by atoms with Gasteiger partial charge in [-0.05, 0) is 22.6 Å². The summed E-state index contributed by atoms with van der Waals surface area (Å²) >= 11 is 0. The monoisotopic (exact) mass is 403 g/mol. The van der Waals surface area contributed by atoms with Crippen molar-refractivity contribution in [1.29, 1.82) is 0 Å². The normalized spacial score (nSPS) is 12.2. The molecule has 4 nitrogen and oxygen atoms in total. The molecule has 0 saturated heterocycles. The summed E-state index contributed by atoms with van der Waals surface area (Å²) in [5, 5.41) is 13.0. The molecule has 0 unspecified atom stereocenters. The predicted octanol–water partition coefficient (Wildman–Crippen LogP) is 4.05. The molecule has 0 aromatic heterocycles. The summed E-state index contributed by atoms with van der Waals surface area (Å²) in [5.41, 5.74) is -0.265. The highest BCUT2D eigenvalue weighted by molar-refractivity contribution is 7.89. The maximum absolute atomic E-state index is 13.1. The van der Waals surface area contributed by atoms with E-state index in [0.717, 1.165) is 5.39 Å². The van der Waals surface area contributed by atoms with E-state index >= 15 is 0 Å². The fourth-order valence-electron chi connectivity index (χ4n) is 3.51. The molecule has 146 valence electrons. The summed E-state index contributed by atoms with van der Waals surface area (Å²) in [4.78, 5) is 0.194. The number of rotatable bonds is 6. The summed E-state index contributed by atoms with van der Waals surface area (Å²) < 4.78 is 28.9. The van der Waals surface area contributed by atoms with E-state index in [9.17, 15) is 13.5 Å². The van der Waals surface area contributed by atoms with E-state index in [-0.39, 0.29) is 11.4 Å². The van der Waals surface area contributed by atoms with E-state index in [4.69, 9.17) is 0 Å². The van der Waals surface area contributed by atoms with Crippen LogP contribution < -0.4 is 4.72 Å². The zero-order valence-electron chi connectivity index (χ0n) is 15.7.